The highest BCUT2D eigenvalue weighted by Gasteiger charge is 2.31. The Morgan fingerprint density at radius 3 is 2.71 bits per heavy atom. The van der Waals surface area contributed by atoms with E-state index in [2.05, 4.69) is 50.7 Å². The van der Waals surface area contributed by atoms with Crippen LogP contribution in [-0.2, 0) is 6.42 Å². The number of benzene rings is 1. The lowest BCUT2D eigenvalue weighted by molar-refractivity contribution is 0.278. The summed E-state index contributed by atoms with van der Waals surface area (Å²) in [4.78, 5) is 9.28. The molecule has 0 amide bonds. The molecule has 3 rings (SSSR count). The van der Waals surface area contributed by atoms with Gasteiger partial charge in [-0.1, -0.05) is 13.8 Å². The highest BCUT2D eigenvalue weighted by Crippen LogP contribution is 2.39. The summed E-state index contributed by atoms with van der Waals surface area (Å²) in [7, 11) is 0. The van der Waals surface area contributed by atoms with Crippen molar-refractivity contribution in [3.63, 3.8) is 0 Å². The summed E-state index contributed by atoms with van der Waals surface area (Å²) in [5.74, 6) is 0.756. The quantitative estimate of drug-likeness (QED) is 0.744. The van der Waals surface area contributed by atoms with Crippen LogP contribution in [0.2, 0.25) is 0 Å². The van der Waals surface area contributed by atoms with Crippen molar-refractivity contribution in [3.8, 4) is 11.4 Å². The normalized spacial score (nSPS) is 20.1. The van der Waals surface area contributed by atoms with E-state index in [-0.39, 0.29) is 11.5 Å². The maximum atomic E-state index is 6.26. The Morgan fingerprint density at radius 2 is 2.00 bits per heavy atom. The van der Waals surface area contributed by atoms with Crippen LogP contribution in [0.15, 0.2) is 33.3 Å². The molecular weight excluding hydrogens is 394 g/mol. The molecule has 0 spiro atoms. The van der Waals surface area contributed by atoms with Crippen LogP contribution in [0.5, 0.6) is 0 Å². The maximum Gasteiger partial charge on any atom is 0.159 e. The second-order valence-corrected chi connectivity index (χ2v) is 8.08. The van der Waals surface area contributed by atoms with Gasteiger partial charge in [-0.3, -0.25) is 0 Å². The van der Waals surface area contributed by atoms with Crippen molar-refractivity contribution in [1.29, 1.82) is 0 Å². The fourth-order valence-electron chi connectivity index (χ4n) is 2.88. The van der Waals surface area contributed by atoms with Crippen molar-refractivity contribution in [3.05, 3.63) is 44.6 Å². The molecule has 0 fully saturated rings. The molecule has 1 heterocycles. The van der Waals surface area contributed by atoms with Crippen molar-refractivity contribution in [2.24, 2.45) is 11.1 Å². The molecule has 0 saturated heterocycles. The summed E-state index contributed by atoms with van der Waals surface area (Å²) in [5.41, 5.74) is 9.64. The molecular formula is C16H17Br2N3. The van der Waals surface area contributed by atoms with Crippen molar-refractivity contribution in [2.75, 3.05) is 0 Å². The zero-order valence-electron chi connectivity index (χ0n) is 12.0. The number of nitrogens with zero attached hydrogens (tertiary/aromatic N) is 2. The SMILES string of the molecule is CC1(C)Cc2nc(-c3ccc(Br)c(Br)c3)ncc2C(N)C1. The lowest BCUT2D eigenvalue weighted by atomic mass is 9.74. The molecule has 2 aromatic rings. The van der Waals surface area contributed by atoms with Gasteiger partial charge >= 0.3 is 0 Å². The smallest absolute Gasteiger partial charge is 0.159 e. The molecule has 2 N–H and O–H groups in total. The molecule has 1 unspecified atom stereocenters. The molecule has 1 aliphatic rings. The first kappa shape index (κ1) is 15.1. The fourth-order valence-corrected chi connectivity index (χ4v) is 3.51. The molecule has 5 heteroatoms. The van der Waals surface area contributed by atoms with Gasteiger partial charge in [-0.2, -0.15) is 0 Å². The monoisotopic (exact) mass is 409 g/mol. The van der Waals surface area contributed by atoms with Gasteiger partial charge in [0.2, 0.25) is 0 Å². The van der Waals surface area contributed by atoms with Gasteiger partial charge in [0.05, 0.1) is 0 Å². The van der Waals surface area contributed by atoms with Crippen molar-refractivity contribution < 1.29 is 0 Å². The molecule has 1 aromatic carbocycles. The van der Waals surface area contributed by atoms with Gasteiger partial charge in [0.15, 0.2) is 5.82 Å². The van der Waals surface area contributed by atoms with E-state index in [0.29, 0.717) is 0 Å². The summed E-state index contributed by atoms with van der Waals surface area (Å²) >= 11 is 7.00. The summed E-state index contributed by atoms with van der Waals surface area (Å²) in [6, 6.07) is 6.08. The second kappa shape index (κ2) is 5.45. The lowest BCUT2D eigenvalue weighted by Crippen LogP contribution is -2.30. The van der Waals surface area contributed by atoms with E-state index in [9.17, 15) is 0 Å². The molecule has 0 aliphatic heterocycles. The van der Waals surface area contributed by atoms with Crippen LogP contribution >= 0.6 is 31.9 Å². The number of rotatable bonds is 1. The van der Waals surface area contributed by atoms with Crippen LogP contribution in [0, 0.1) is 5.41 Å². The average molecular weight is 411 g/mol. The summed E-state index contributed by atoms with van der Waals surface area (Å²) in [6.45, 7) is 4.49. The van der Waals surface area contributed by atoms with Gasteiger partial charge in [-0.25, -0.2) is 9.97 Å². The summed E-state index contributed by atoms with van der Waals surface area (Å²) in [6.07, 6.45) is 3.82. The molecule has 1 aromatic heterocycles. The minimum Gasteiger partial charge on any atom is -0.324 e. The predicted octanol–water partition coefficient (Wildman–Crippen LogP) is 4.64. The number of nitrogens with two attached hydrogens (primary N) is 1. The largest absolute Gasteiger partial charge is 0.324 e. The maximum absolute atomic E-state index is 6.26. The molecule has 0 radical (unpaired) electrons. The van der Waals surface area contributed by atoms with E-state index in [4.69, 9.17) is 10.7 Å². The Hall–Kier alpha value is -0.780. The first-order valence-corrected chi connectivity index (χ1v) is 8.51. The van der Waals surface area contributed by atoms with Gasteiger partial charge in [-0.15, -0.1) is 0 Å². The van der Waals surface area contributed by atoms with Crippen LogP contribution in [0.1, 0.15) is 37.6 Å². The third-order valence-corrected chi connectivity index (χ3v) is 5.78. The van der Waals surface area contributed by atoms with Gasteiger partial charge in [0, 0.05) is 38.0 Å². The molecule has 1 atom stereocenters. The van der Waals surface area contributed by atoms with Gasteiger partial charge < -0.3 is 5.73 Å². The number of hydrogen-bond donors (Lipinski definition) is 1. The summed E-state index contributed by atoms with van der Waals surface area (Å²) in [5, 5.41) is 0. The minimum absolute atomic E-state index is 0.0365. The Bertz CT molecular complexity index is 698. The van der Waals surface area contributed by atoms with Crippen LogP contribution in [0.4, 0.5) is 0 Å². The standard InChI is InChI=1S/C16H17Br2N3/c1-16(2)6-13(19)10-8-20-15(21-14(10)7-16)9-3-4-11(17)12(18)5-9/h3-5,8,13H,6-7,19H2,1-2H3. The zero-order valence-corrected chi connectivity index (χ0v) is 15.2. The Kier molecular flexibility index (Phi) is 3.93. The zero-order chi connectivity index (χ0) is 15.2. The van der Waals surface area contributed by atoms with Gasteiger partial charge in [0.1, 0.15) is 0 Å². The third kappa shape index (κ3) is 3.05. The van der Waals surface area contributed by atoms with E-state index in [1.807, 2.05) is 24.4 Å². The van der Waals surface area contributed by atoms with Crippen LogP contribution in [-0.4, -0.2) is 9.97 Å². The average Bonchev–Trinajstić information content (AvgIpc) is 2.40. The summed E-state index contributed by atoms with van der Waals surface area (Å²) < 4.78 is 2.02. The molecule has 21 heavy (non-hydrogen) atoms. The van der Waals surface area contributed by atoms with E-state index in [1.165, 1.54) is 0 Å². The van der Waals surface area contributed by atoms with Crippen LogP contribution < -0.4 is 5.73 Å². The highest BCUT2D eigenvalue weighted by atomic mass is 79.9. The van der Waals surface area contributed by atoms with Crippen LogP contribution in [0.3, 0.4) is 0 Å². The molecule has 1 aliphatic carbocycles. The molecule has 110 valence electrons. The van der Waals surface area contributed by atoms with Gasteiger partial charge in [0.25, 0.3) is 0 Å². The highest BCUT2D eigenvalue weighted by molar-refractivity contribution is 9.13. The first-order chi connectivity index (χ1) is 9.85. The van der Waals surface area contributed by atoms with Crippen molar-refractivity contribution >= 4 is 31.9 Å². The fraction of sp³-hybridized carbons (Fsp3) is 0.375. The molecule has 0 saturated carbocycles. The van der Waals surface area contributed by atoms with E-state index in [0.717, 1.165) is 44.4 Å². The Labute approximate surface area is 141 Å². The van der Waals surface area contributed by atoms with Crippen molar-refractivity contribution in [1.82, 2.24) is 9.97 Å². The number of aromatic nitrogens is 2. The predicted molar refractivity (Wildman–Crippen MR) is 91.9 cm³/mol. The Morgan fingerprint density at radius 1 is 1.24 bits per heavy atom. The second-order valence-electron chi connectivity index (χ2n) is 6.38. The van der Waals surface area contributed by atoms with E-state index in [1.54, 1.807) is 0 Å². The van der Waals surface area contributed by atoms with Crippen LogP contribution in [0.25, 0.3) is 11.4 Å². The molecule has 0 bridgehead atoms. The number of halogens is 2. The minimum atomic E-state index is 0.0365. The molecule has 3 nitrogen and oxygen atoms in total. The number of hydrogen-bond acceptors (Lipinski definition) is 3. The first-order valence-electron chi connectivity index (χ1n) is 6.92. The van der Waals surface area contributed by atoms with Gasteiger partial charge in [-0.05, 0) is 68.3 Å². The Balaban J connectivity index is 2.05. The van der Waals surface area contributed by atoms with E-state index < -0.39 is 0 Å². The third-order valence-electron chi connectivity index (χ3n) is 3.90. The number of fused-ring (bicyclic) bond motifs is 1. The lowest BCUT2D eigenvalue weighted by Gasteiger charge is -2.34. The van der Waals surface area contributed by atoms with E-state index >= 15 is 0 Å². The topological polar surface area (TPSA) is 51.8 Å². The van der Waals surface area contributed by atoms with Crippen molar-refractivity contribution in [2.45, 2.75) is 32.7 Å².